The van der Waals surface area contributed by atoms with Gasteiger partial charge in [-0.3, -0.25) is 9.63 Å². The maximum absolute atomic E-state index is 13.3. The van der Waals surface area contributed by atoms with E-state index in [2.05, 4.69) is 44.9 Å². The minimum absolute atomic E-state index is 0.144. The highest BCUT2D eigenvalue weighted by Crippen LogP contribution is 2.40. The number of likely N-dealkylation sites (N-methyl/N-ethyl adjacent to an activating group) is 1. The zero-order valence-corrected chi connectivity index (χ0v) is 17.5. The quantitative estimate of drug-likeness (QED) is 0.632. The summed E-state index contributed by atoms with van der Waals surface area (Å²) in [5.41, 5.74) is 0.767. The first-order valence-corrected chi connectivity index (χ1v) is 11.5. The lowest BCUT2D eigenvalue weighted by Gasteiger charge is -2.46. The number of carbonyl (C=O) groups excluding carboxylic acids is 1. The van der Waals surface area contributed by atoms with Crippen LogP contribution < -0.4 is 0 Å². The highest BCUT2D eigenvalue weighted by atomic mass is 28.3. The highest BCUT2D eigenvalue weighted by molar-refractivity contribution is 6.48. The molecule has 0 radical (unpaired) electrons. The Bertz CT molecular complexity index is 736. The first kappa shape index (κ1) is 19.7. The molecule has 1 N–H and O–H groups in total. The molecule has 0 spiro atoms. The number of benzene rings is 1. The maximum atomic E-state index is 13.3. The maximum Gasteiger partial charge on any atom is 0.277 e. The standard InChI is InChI=1S/C19H30N2O3Si/c1-18(2,3)19(24-25(6)7,17(22)21(4)23-5)12-14-13-20-16-11-9-8-10-15(14)16/h8-11,13,20,25H,12H2,1-7H3. The average Bonchev–Trinajstić information content (AvgIpc) is 2.94. The Labute approximate surface area is 152 Å². The van der Waals surface area contributed by atoms with Gasteiger partial charge >= 0.3 is 0 Å². The van der Waals surface area contributed by atoms with Crippen LogP contribution in [0.4, 0.5) is 0 Å². The van der Waals surface area contributed by atoms with Crippen molar-refractivity contribution in [1.29, 1.82) is 0 Å². The molecule has 1 aromatic carbocycles. The molecular weight excluding hydrogens is 332 g/mol. The fraction of sp³-hybridized carbons (Fsp3) is 0.526. The Morgan fingerprint density at radius 2 is 1.88 bits per heavy atom. The van der Waals surface area contributed by atoms with Crippen LogP contribution in [0.3, 0.4) is 0 Å². The lowest BCUT2D eigenvalue weighted by molar-refractivity contribution is -0.195. The third kappa shape index (κ3) is 3.81. The van der Waals surface area contributed by atoms with Crippen molar-refractivity contribution >= 4 is 25.9 Å². The van der Waals surface area contributed by atoms with E-state index < -0.39 is 20.1 Å². The van der Waals surface area contributed by atoms with Crippen LogP contribution in [0.5, 0.6) is 0 Å². The lowest BCUT2D eigenvalue weighted by atomic mass is 9.72. The lowest BCUT2D eigenvalue weighted by Crippen LogP contribution is -2.60. The summed E-state index contributed by atoms with van der Waals surface area (Å²) in [4.78, 5) is 21.8. The van der Waals surface area contributed by atoms with Crippen molar-refractivity contribution in [2.75, 3.05) is 14.2 Å². The molecule has 6 heteroatoms. The van der Waals surface area contributed by atoms with Crippen LogP contribution in [0.2, 0.25) is 13.1 Å². The third-order valence-corrected chi connectivity index (χ3v) is 5.54. The van der Waals surface area contributed by atoms with Gasteiger partial charge in [0.05, 0.1) is 7.11 Å². The van der Waals surface area contributed by atoms with E-state index in [1.54, 1.807) is 7.05 Å². The Balaban J connectivity index is 2.58. The number of carbonyl (C=O) groups is 1. The van der Waals surface area contributed by atoms with E-state index in [0.717, 1.165) is 16.5 Å². The van der Waals surface area contributed by atoms with Gasteiger partial charge in [0.1, 0.15) is 5.60 Å². The van der Waals surface area contributed by atoms with Gasteiger partial charge < -0.3 is 9.41 Å². The summed E-state index contributed by atoms with van der Waals surface area (Å²) in [5, 5.41) is 2.41. The van der Waals surface area contributed by atoms with Crippen LogP contribution in [-0.2, 0) is 20.5 Å². The second-order valence-electron chi connectivity index (χ2n) is 7.77. The number of H-pyrrole nitrogens is 1. The Morgan fingerprint density at radius 1 is 1.24 bits per heavy atom. The van der Waals surface area contributed by atoms with Gasteiger partial charge in [0.2, 0.25) is 0 Å². The summed E-state index contributed by atoms with van der Waals surface area (Å²) >= 11 is 0. The Hall–Kier alpha value is -1.63. The fourth-order valence-corrected chi connectivity index (χ4v) is 4.56. The van der Waals surface area contributed by atoms with Crippen molar-refractivity contribution in [2.24, 2.45) is 5.41 Å². The number of nitrogens with one attached hydrogen (secondary N) is 1. The third-order valence-electron chi connectivity index (χ3n) is 4.67. The number of hydrogen-bond acceptors (Lipinski definition) is 3. The molecule has 138 valence electrons. The summed E-state index contributed by atoms with van der Waals surface area (Å²) < 4.78 is 6.46. The number of aromatic amines is 1. The molecule has 0 aliphatic rings. The smallest absolute Gasteiger partial charge is 0.277 e. The molecule has 5 nitrogen and oxygen atoms in total. The molecule has 0 bridgehead atoms. The molecule has 2 rings (SSSR count). The molecule has 0 aliphatic heterocycles. The van der Waals surface area contributed by atoms with Crippen LogP contribution in [-0.4, -0.2) is 44.8 Å². The predicted octanol–water partition coefficient (Wildman–Crippen LogP) is 3.52. The topological polar surface area (TPSA) is 54.6 Å². The Kier molecular flexibility index (Phi) is 5.76. The van der Waals surface area contributed by atoms with Gasteiger partial charge in [0.25, 0.3) is 5.91 Å². The number of hydrogen-bond donors (Lipinski definition) is 1. The molecule has 1 aromatic heterocycles. The number of fused-ring (bicyclic) bond motifs is 1. The largest absolute Gasteiger partial charge is 0.406 e. The molecule has 1 amide bonds. The van der Waals surface area contributed by atoms with Crippen molar-refractivity contribution in [3.63, 3.8) is 0 Å². The summed E-state index contributed by atoms with van der Waals surface area (Å²) in [5.74, 6) is -0.144. The van der Waals surface area contributed by atoms with Crippen molar-refractivity contribution in [2.45, 2.75) is 45.9 Å². The number of aromatic nitrogens is 1. The summed E-state index contributed by atoms with van der Waals surface area (Å²) in [6, 6.07) is 8.13. The van der Waals surface area contributed by atoms with Crippen LogP contribution in [0.15, 0.2) is 30.5 Å². The van der Waals surface area contributed by atoms with Gasteiger partial charge in [-0.1, -0.05) is 39.0 Å². The zero-order valence-electron chi connectivity index (χ0n) is 16.3. The number of hydroxylamine groups is 2. The molecule has 1 unspecified atom stereocenters. The van der Waals surface area contributed by atoms with E-state index in [1.165, 1.54) is 12.2 Å². The fourth-order valence-electron chi connectivity index (χ4n) is 3.22. The van der Waals surface area contributed by atoms with E-state index in [1.807, 2.05) is 24.4 Å². The number of rotatable bonds is 6. The normalized spacial score (nSPS) is 14.7. The molecule has 2 aromatic rings. The molecule has 0 saturated carbocycles. The van der Waals surface area contributed by atoms with Gasteiger partial charge in [-0.05, 0) is 30.1 Å². The molecular formula is C19H30N2O3Si. The van der Waals surface area contributed by atoms with E-state index in [-0.39, 0.29) is 5.91 Å². The molecule has 25 heavy (non-hydrogen) atoms. The number of amides is 1. The van der Waals surface area contributed by atoms with Gasteiger partial charge in [-0.25, -0.2) is 5.06 Å². The number of nitrogens with zero attached hydrogens (tertiary/aromatic N) is 1. The van der Waals surface area contributed by atoms with Crippen molar-refractivity contribution < 1.29 is 14.1 Å². The van der Waals surface area contributed by atoms with Crippen LogP contribution in [0, 0.1) is 5.41 Å². The number of para-hydroxylation sites is 1. The van der Waals surface area contributed by atoms with Gasteiger partial charge in [-0.2, -0.15) is 0 Å². The first-order valence-electron chi connectivity index (χ1n) is 8.67. The predicted molar refractivity (Wildman–Crippen MR) is 104 cm³/mol. The van der Waals surface area contributed by atoms with Crippen LogP contribution in [0.1, 0.15) is 26.3 Å². The summed E-state index contributed by atoms with van der Waals surface area (Å²) in [7, 11) is 1.64. The second kappa shape index (κ2) is 7.31. The van der Waals surface area contributed by atoms with E-state index >= 15 is 0 Å². The van der Waals surface area contributed by atoms with Crippen molar-refractivity contribution in [1.82, 2.24) is 10.0 Å². The SMILES string of the molecule is CON(C)C(=O)C(Cc1c[nH]c2ccccc12)(O[SiH](C)C)C(C)(C)C. The molecule has 0 saturated heterocycles. The minimum atomic E-state index is -1.50. The van der Waals surface area contributed by atoms with Crippen molar-refractivity contribution in [3.8, 4) is 0 Å². The van der Waals surface area contributed by atoms with E-state index in [0.29, 0.717) is 6.42 Å². The van der Waals surface area contributed by atoms with Gasteiger partial charge in [-0.15, -0.1) is 0 Å². The molecule has 0 aliphatic carbocycles. The first-order chi connectivity index (χ1) is 11.6. The van der Waals surface area contributed by atoms with Crippen LogP contribution in [0.25, 0.3) is 10.9 Å². The average molecular weight is 363 g/mol. The molecule has 1 atom stereocenters. The van der Waals surface area contributed by atoms with E-state index in [9.17, 15) is 4.79 Å². The van der Waals surface area contributed by atoms with Gasteiger partial charge in [0, 0.05) is 30.6 Å². The summed E-state index contributed by atoms with van der Waals surface area (Å²) in [6.45, 7) is 10.4. The van der Waals surface area contributed by atoms with E-state index in [4.69, 9.17) is 9.26 Å². The second-order valence-corrected chi connectivity index (χ2v) is 10.1. The van der Waals surface area contributed by atoms with Crippen LogP contribution >= 0.6 is 0 Å². The monoisotopic (exact) mass is 362 g/mol. The molecule has 0 fully saturated rings. The minimum Gasteiger partial charge on any atom is -0.406 e. The van der Waals surface area contributed by atoms with Gasteiger partial charge in [0.15, 0.2) is 9.04 Å². The summed E-state index contributed by atoms with van der Waals surface area (Å²) in [6.07, 6.45) is 2.48. The Morgan fingerprint density at radius 3 is 2.44 bits per heavy atom. The highest BCUT2D eigenvalue weighted by Gasteiger charge is 2.52. The van der Waals surface area contributed by atoms with Crippen molar-refractivity contribution in [3.05, 3.63) is 36.0 Å². The molecule has 1 heterocycles. The zero-order chi connectivity index (χ0) is 18.8.